The molecular formula is C14H13N3O4. The fourth-order valence-electron chi connectivity index (χ4n) is 1.90. The van der Waals surface area contributed by atoms with Gasteiger partial charge in [0.1, 0.15) is 5.56 Å². The minimum atomic E-state index is -0.611. The van der Waals surface area contributed by atoms with Gasteiger partial charge in [-0.1, -0.05) is 6.07 Å². The van der Waals surface area contributed by atoms with Crippen LogP contribution in [0.4, 0.5) is 11.4 Å². The second-order valence-corrected chi connectivity index (χ2v) is 4.55. The van der Waals surface area contributed by atoms with E-state index in [-0.39, 0.29) is 11.3 Å². The highest BCUT2D eigenvalue weighted by Gasteiger charge is 2.16. The molecule has 1 aromatic heterocycles. The number of aromatic amines is 1. The third kappa shape index (κ3) is 2.97. The second kappa shape index (κ2) is 5.58. The summed E-state index contributed by atoms with van der Waals surface area (Å²) in [4.78, 5) is 36.9. The Kier molecular flexibility index (Phi) is 3.84. The van der Waals surface area contributed by atoms with Crippen LogP contribution in [0.5, 0.6) is 0 Å². The molecule has 1 aromatic carbocycles. The maximum Gasteiger partial charge on any atom is 0.274 e. The molecule has 21 heavy (non-hydrogen) atoms. The Morgan fingerprint density at radius 2 is 2.05 bits per heavy atom. The van der Waals surface area contributed by atoms with Gasteiger partial charge in [-0.05, 0) is 19.9 Å². The molecule has 108 valence electrons. The Hall–Kier alpha value is -2.96. The molecule has 0 aliphatic rings. The number of benzene rings is 1. The van der Waals surface area contributed by atoms with Crippen LogP contribution in [-0.4, -0.2) is 15.8 Å². The highest BCUT2D eigenvalue weighted by atomic mass is 16.6. The van der Waals surface area contributed by atoms with Crippen molar-refractivity contribution in [2.24, 2.45) is 0 Å². The first-order valence-corrected chi connectivity index (χ1v) is 6.15. The lowest BCUT2D eigenvalue weighted by Crippen LogP contribution is -2.22. The molecule has 0 atom stereocenters. The van der Waals surface area contributed by atoms with Crippen LogP contribution in [0.15, 0.2) is 35.3 Å². The molecule has 2 aromatic rings. The van der Waals surface area contributed by atoms with E-state index in [9.17, 15) is 19.7 Å². The number of hydrogen-bond acceptors (Lipinski definition) is 4. The molecule has 1 amide bonds. The van der Waals surface area contributed by atoms with Crippen LogP contribution in [-0.2, 0) is 0 Å². The van der Waals surface area contributed by atoms with Gasteiger partial charge in [-0.2, -0.15) is 0 Å². The van der Waals surface area contributed by atoms with Gasteiger partial charge in [-0.25, -0.2) is 0 Å². The number of aromatic nitrogens is 1. The van der Waals surface area contributed by atoms with Gasteiger partial charge in [-0.15, -0.1) is 0 Å². The molecule has 0 bridgehead atoms. The van der Waals surface area contributed by atoms with E-state index in [1.165, 1.54) is 31.3 Å². The second-order valence-electron chi connectivity index (χ2n) is 4.55. The van der Waals surface area contributed by atoms with Crippen LogP contribution in [0.25, 0.3) is 0 Å². The number of amides is 1. The van der Waals surface area contributed by atoms with E-state index in [1.807, 2.05) is 0 Å². The molecule has 0 radical (unpaired) electrons. The largest absolute Gasteiger partial charge is 0.364 e. The van der Waals surface area contributed by atoms with Crippen molar-refractivity contribution in [2.75, 3.05) is 5.32 Å². The van der Waals surface area contributed by atoms with E-state index in [4.69, 9.17) is 0 Å². The number of anilines is 1. The van der Waals surface area contributed by atoms with E-state index >= 15 is 0 Å². The van der Waals surface area contributed by atoms with Gasteiger partial charge in [0.2, 0.25) is 0 Å². The Morgan fingerprint density at radius 3 is 2.67 bits per heavy atom. The number of aryl methyl sites for hydroxylation is 1. The summed E-state index contributed by atoms with van der Waals surface area (Å²) in [5.41, 5.74) is 0.723. The van der Waals surface area contributed by atoms with Gasteiger partial charge in [0, 0.05) is 24.0 Å². The standard InChI is InChI=1S/C14H13N3O4/c1-8-6-13(18)10(7-15-8)14(19)16-11-4-3-5-12(9(11)2)17(20)21/h3-7H,1-2H3,(H,15,18)(H,16,19). The minimum absolute atomic E-state index is 0.0495. The number of nitro benzene ring substituents is 1. The summed E-state index contributed by atoms with van der Waals surface area (Å²) in [6.45, 7) is 3.24. The van der Waals surface area contributed by atoms with Crippen LogP contribution < -0.4 is 10.7 Å². The fourth-order valence-corrected chi connectivity index (χ4v) is 1.90. The maximum atomic E-state index is 12.1. The Morgan fingerprint density at radius 1 is 1.33 bits per heavy atom. The number of hydrogen-bond donors (Lipinski definition) is 2. The topological polar surface area (TPSA) is 105 Å². The number of nitro groups is 1. The monoisotopic (exact) mass is 287 g/mol. The Balaban J connectivity index is 2.34. The fraction of sp³-hybridized carbons (Fsp3) is 0.143. The van der Waals surface area contributed by atoms with E-state index in [0.717, 1.165) is 0 Å². The van der Waals surface area contributed by atoms with Crippen LogP contribution in [0.2, 0.25) is 0 Å². The minimum Gasteiger partial charge on any atom is -0.364 e. The van der Waals surface area contributed by atoms with E-state index in [2.05, 4.69) is 10.3 Å². The number of nitrogens with one attached hydrogen (secondary N) is 2. The molecule has 2 N–H and O–H groups in total. The Bertz CT molecular complexity index is 780. The first-order valence-electron chi connectivity index (χ1n) is 6.15. The number of rotatable bonds is 3. The average molecular weight is 287 g/mol. The van der Waals surface area contributed by atoms with Crippen molar-refractivity contribution in [3.8, 4) is 0 Å². The third-order valence-corrected chi connectivity index (χ3v) is 3.05. The van der Waals surface area contributed by atoms with Gasteiger partial charge in [-0.3, -0.25) is 19.7 Å². The summed E-state index contributed by atoms with van der Waals surface area (Å²) in [7, 11) is 0. The summed E-state index contributed by atoms with van der Waals surface area (Å²) in [6, 6.07) is 5.68. The van der Waals surface area contributed by atoms with Crippen molar-refractivity contribution in [3.05, 3.63) is 67.6 Å². The van der Waals surface area contributed by atoms with Crippen LogP contribution >= 0.6 is 0 Å². The third-order valence-electron chi connectivity index (χ3n) is 3.05. The number of nitrogens with zero attached hydrogens (tertiary/aromatic N) is 1. The zero-order valence-corrected chi connectivity index (χ0v) is 11.5. The summed E-state index contributed by atoms with van der Waals surface area (Å²) in [6.07, 6.45) is 1.32. The summed E-state index contributed by atoms with van der Waals surface area (Å²) >= 11 is 0. The summed E-state index contributed by atoms with van der Waals surface area (Å²) < 4.78 is 0. The molecule has 7 heteroatoms. The smallest absolute Gasteiger partial charge is 0.274 e. The molecule has 7 nitrogen and oxygen atoms in total. The maximum absolute atomic E-state index is 12.1. The van der Waals surface area contributed by atoms with Gasteiger partial charge >= 0.3 is 0 Å². The molecule has 1 heterocycles. The van der Waals surface area contributed by atoms with Crippen molar-refractivity contribution in [1.29, 1.82) is 0 Å². The van der Waals surface area contributed by atoms with Crippen molar-refractivity contribution in [2.45, 2.75) is 13.8 Å². The summed E-state index contributed by atoms with van der Waals surface area (Å²) in [5, 5.41) is 13.4. The first kappa shape index (κ1) is 14.4. The highest BCUT2D eigenvalue weighted by molar-refractivity contribution is 6.04. The Labute approximate surface area is 119 Å². The van der Waals surface area contributed by atoms with Crippen molar-refractivity contribution < 1.29 is 9.72 Å². The highest BCUT2D eigenvalue weighted by Crippen LogP contribution is 2.25. The van der Waals surface area contributed by atoms with Crippen LogP contribution in [0.3, 0.4) is 0 Å². The van der Waals surface area contributed by atoms with Crippen LogP contribution in [0, 0.1) is 24.0 Å². The van der Waals surface area contributed by atoms with E-state index < -0.39 is 16.3 Å². The quantitative estimate of drug-likeness (QED) is 0.666. The lowest BCUT2D eigenvalue weighted by molar-refractivity contribution is -0.385. The number of carbonyl (C=O) groups excluding carboxylic acids is 1. The van der Waals surface area contributed by atoms with E-state index in [0.29, 0.717) is 16.9 Å². The average Bonchev–Trinajstić information content (AvgIpc) is 2.40. The van der Waals surface area contributed by atoms with E-state index in [1.54, 1.807) is 13.0 Å². The van der Waals surface area contributed by atoms with Crippen molar-refractivity contribution >= 4 is 17.3 Å². The summed E-state index contributed by atoms with van der Waals surface area (Å²) in [5.74, 6) is -0.611. The van der Waals surface area contributed by atoms with Crippen LogP contribution in [0.1, 0.15) is 21.6 Å². The molecule has 0 unspecified atom stereocenters. The van der Waals surface area contributed by atoms with Gasteiger partial charge < -0.3 is 10.3 Å². The van der Waals surface area contributed by atoms with Gasteiger partial charge in [0.05, 0.1) is 16.2 Å². The molecule has 0 saturated heterocycles. The first-order chi connectivity index (χ1) is 9.90. The lowest BCUT2D eigenvalue weighted by atomic mass is 10.1. The molecule has 0 fully saturated rings. The number of carbonyl (C=O) groups is 1. The lowest BCUT2D eigenvalue weighted by Gasteiger charge is -2.08. The van der Waals surface area contributed by atoms with Gasteiger partial charge in [0.15, 0.2) is 5.43 Å². The zero-order chi connectivity index (χ0) is 15.6. The normalized spacial score (nSPS) is 10.2. The number of pyridine rings is 1. The van der Waals surface area contributed by atoms with Gasteiger partial charge in [0.25, 0.3) is 11.6 Å². The molecule has 0 aliphatic heterocycles. The molecular weight excluding hydrogens is 274 g/mol. The zero-order valence-electron chi connectivity index (χ0n) is 11.5. The molecule has 2 rings (SSSR count). The molecule has 0 spiro atoms. The predicted molar refractivity (Wildman–Crippen MR) is 77.6 cm³/mol. The molecule has 0 saturated carbocycles. The van der Waals surface area contributed by atoms with Crippen molar-refractivity contribution in [3.63, 3.8) is 0 Å². The SMILES string of the molecule is Cc1cc(=O)c(C(=O)Nc2cccc([N+](=O)[O-])c2C)c[nH]1. The number of H-pyrrole nitrogens is 1. The molecule has 0 aliphatic carbocycles. The van der Waals surface area contributed by atoms with Crippen molar-refractivity contribution in [1.82, 2.24) is 4.98 Å². The predicted octanol–water partition coefficient (Wildman–Crippen LogP) is 2.15.